The highest BCUT2D eigenvalue weighted by Crippen LogP contribution is 2.29. The lowest BCUT2D eigenvalue weighted by Gasteiger charge is -2.08. The van der Waals surface area contributed by atoms with Crippen LogP contribution < -0.4 is 0 Å². The number of hydrogen-bond acceptors (Lipinski definition) is 2. The number of rotatable bonds is 4. The Morgan fingerprint density at radius 2 is 1.58 bits per heavy atom. The normalized spacial score (nSPS) is 14.7. The zero-order chi connectivity index (χ0) is 17.9. The quantitative estimate of drug-likeness (QED) is 0.672. The molecule has 1 aliphatic heterocycles. The number of aromatic nitrogens is 1. The van der Waals surface area contributed by atoms with E-state index in [0.717, 1.165) is 28.1 Å². The van der Waals surface area contributed by atoms with Gasteiger partial charge in [0.1, 0.15) is 0 Å². The van der Waals surface area contributed by atoms with Crippen LogP contribution in [0.1, 0.15) is 32.9 Å². The highest BCUT2D eigenvalue weighted by Gasteiger charge is 2.16. The van der Waals surface area contributed by atoms with Crippen molar-refractivity contribution < 1.29 is 4.79 Å². The van der Waals surface area contributed by atoms with Crippen LogP contribution in [-0.4, -0.2) is 17.0 Å². The molecule has 1 aromatic heterocycles. The fourth-order valence-corrected chi connectivity index (χ4v) is 3.03. The van der Waals surface area contributed by atoms with E-state index in [1.54, 1.807) is 6.21 Å². The summed E-state index contributed by atoms with van der Waals surface area (Å²) in [6, 6.07) is 21.5. The van der Waals surface area contributed by atoms with Crippen molar-refractivity contribution in [2.24, 2.45) is 4.99 Å². The van der Waals surface area contributed by atoms with Crippen molar-refractivity contribution in [3.63, 3.8) is 0 Å². The van der Waals surface area contributed by atoms with Gasteiger partial charge < -0.3 is 4.98 Å². The summed E-state index contributed by atoms with van der Waals surface area (Å²) in [6.07, 6.45) is 5.67. The van der Waals surface area contributed by atoms with Crippen molar-refractivity contribution in [2.75, 3.05) is 0 Å². The maximum absolute atomic E-state index is 12.8. The summed E-state index contributed by atoms with van der Waals surface area (Å²) >= 11 is 0. The highest BCUT2D eigenvalue weighted by molar-refractivity contribution is 6.08. The number of carbonyl (C=O) groups excluding carboxylic acids is 1. The van der Waals surface area contributed by atoms with Crippen molar-refractivity contribution in [1.82, 2.24) is 4.98 Å². The van der Waals surface area contributed by atoms with Crippen LogP contribution in [0.25, 0.3) is 5.57 Å². The predicted molar refractivity (Wildman–Crippen MR) is 106 cm³/mol. The number of ketones is 1. The second-order valence-electron chi connectivity index (χ2n) is 6.24. The van der Waals surface area contributed by atoms with E-state index in [4.69, 9.17) is 0 Å². The third-order valence-electron chi connectivity index (χ3n) is 4.39. The molecule has 0 unspecified atom stereocenters. The number of aliphatic imine (C=N–C) groups is 1. The summed E-state index contributed by atoms with van der Waals surface area (Å²) < 4.78 is 0. The van der Waals surface area contributed by atoms with Crippen molar-refractivity contribution in [1.29, 1.82) is 0 Å². The van der Waals surface area contributed by atoms with Gasteiger partial charge in [-0.25, -0.2) is 0 Å². The predicted octanol–water partition coefficient (Wildman–Crippen LogP) is 4.95. The van der Waals surface area contributed by atoms with Crippen LogP contribution in [0.4, 0.5) is 0 Å². The largest absolute Gasteiger partial charge is 0.352 e. The molecule has 0 aliphatic carbocycles. The number of benzene rings is 2. The minimum atomic E-state index is -0.0147. The van der Waals surface area contributed by atoms with E-state index < -0.39 is 0 Å². The van der Waals surface area contributed by atoms with Gasteiger partial charge in [0.2, 0.25) is 5.78 Å². The second kappa shape index (κ2) is 6.81. The van der Waals surface area contributed by atoms with E-state index in [0.29, 0.717) is 11.3 Å². The summed E-state index contributed by atoms with van der Waals surface area (Å²) in [6.45, 7) is 2.01. The molecule has 0 amide bonds. The van der Waals surface area contributed by atoms with Crippen LogP contribution in [0, 0.1) is 6.92 Å². The van der Waals surface area contributed by atoms with Crippen LogP contribution >= 0.6 is 0 Å². The van der Waals surface area contributed by atoms with Crippen LogP contribution in [0.3, 0.4) is 0 Å². The first-order chi connectivity index (χ1) is 12.7. The number of nitrogens with one attached hydrogen (secondary N) is 1. The van der Waals surface area contributed by atoms with Gasteiger partial charge in [0.15, 0.2) is 0 Å². The molecule has 1 aliphatic rings. The van der Waals surface area contributed by atoms with E-state index in [1.165, 1.54) is 0 Å². The molecule has 2 aromatic carbocycles. The first-order valence-electron chi connectivity index (χ1n) is 8.53. The molecule has 0 saturated carbocycles. The molecule has 3 aromatic rings. The molecular weight excluding hydrogens is 320 g/mol. The molecule has 4 rings (SSSR count). The number of H-pyrrole nitrogens is 1. The van der Waals surface area contributed by atoms with Crippen molar-refractivity contribution in [2.45, 2.75) is 6.92 Å². The Bertz CT molecular complexity index is 1020. The van der Waals surface area contributed by atoms with Crippen molar-refractivity contribution in [3.05, 3.63) is 113 Å². The number of hydrogen-bond donors (Lipinski definition) is 1. The fourth-order valence-electron chi connectivity index (χ4n) is 3.03. The Hall–Kier alpha value is -3.46. The molecule has 3 heteroatoms. The summed E-state index contributed by atoms with van der Waals surface area (Å²) in [5.41, 5.74) is 6.19. The van der Waals surface area contributed by atoms with E-state index in [1.807, 2.05) is 85.8 Å². The maximum Gasteiger partial charge on any atom is 0.209 e. The van der Waals surface area contributed by atoms with Crippen LogP contribution in [0.5, 0.6) is 0 Å². The Labute approximate surface area is 152 Å². The zero-order valence-corrected chi connectivity index (χ0v) is 14.4. The van der Waals surface area contributed by atoms with Gasteiger partial charge in [-0.3, -0.25) is 9.79 Å². The molecule has 1 N–H and O–H groups in total. The molecule has 0 fully saturated rings. The maximum atomic E-state index is 12.8. The SMILES string of the molecule is Cc1ccc(C(=O)c2ccc(/C(=C3/C=CC=N3)c3ccccc3)[nH]2)cc1. The molecule has 0 saturated heterocycles. The first kappa shape index (κ1) is 16.0. The smallest absolute Gasteiger partial charge is 0.209 e. The van der Waals surface area contributed by atoms with Gasteiger partial charge >= 0.3 is 0 Å². The van der Waals surface area contributed by atoms with E-state index in [9.17, 15) is 4.79 Å². The van der Waals surface area contributed by atoms with E-state index in [2.05, 4.69) is 9.98 Å². The number of aromatic amines is 1. The average molecular weight is 338 g/mol. The second-order valence-corrected chi connectivity index (χ2v) is 6.24. The zero-order valence-electron chi connectivity index (χ0n) is 14.4. The lowest BCUT2D eigenvalue weighted by Crippen LogP contribution is -2.02. The molecule has 2 heterocycles. The summed E-state index contributed by atoms with van der Waals surface area (Å²) in [7, 11) is 0. The highest BCUT2D eigenvalue weighted by atomic mass is 16.1. The number of nitrogens with zero attached hydrogens (tertiary/aromatic N) is 1. The lowest BCUT2D eigenvalue weighted by molar-refractivity contribution is 0.103. The average Bonchev–Trinajstić information content (AvgIpc) is 3.36. The summed E-state index contributed by atoms with van der Waals surface area (Å²) in [5.74, 6) is -0.0147. The van der Waals surface area contributed by atoms with Gasteiger partial charge in [0.25, 0.3) is 0 Å². The monoisotopic (exact) mass is 338 g/mol. The van der Waals surface area contributed by atoms with Gasteiger partial charge in [-0.05, 0) is 36.8 Å². The molecule has 3 nitrogen and oxygen atoms in total. The minimum Gasteiger partial charge on any atom is -0.352 e. The topological polar surface area (TPSA) is 45.2 Å². The van der Waals surface area contributed by atoms with Crippen LogP contribution in [0.15, 0.2) is 89.6 Å². The van der Waals surface area contributed by atoms with Gasteiger partial charge in [0.05, 0.1) is 11.4 Å². The van der Waals surface area contributed by atoms with Gasteiger partial charge in [-0.2, -0.15) is 0 Å². The number of allylic oxidation sites excluding steroid dienone is 2. The van der Waals surface area contributed by atoms with E-state index in [-0.39, 0.29) is 5.78 Å². The third kappa shape index (κ3) is 3.07. The van der Waals surface area contributed by atoms with E-state index >= 15 is 0 Å². The molecule has 0 radical (unpaired) electrons. The van der Waals surface area contributed by atoms with Crippen molar-refractivity contribution >= 4 is 17.6 Å². The molecule has 26 heavy (non-hydrogen) atoms. The molecule has 126 valence electrons. The number of carbonyl (C=O) groups is 1. The van der Waals surface area contributed by atoms with Gasteiger partial charge in [-0.15, -0.1) is 0 Å². The van der Waals surface area contributed by atoms with Crippen molar-refractivity contribution in [3.8, 4) is 0 Å². The van der Waals surface area contributed by atoms with Crippen LogP contribution in [0.2, 0.25) is 0 Å². The van der Waals surface area contributed by atoms with Gasteiger partial charge in [0, 0.05) is 23.0 Å². The molecule has 0 bridgehead atoms. The third-order valence-corrected chi connectivity index (χ3v) is 4.39. The standard InChI is InChI=1S/C23H18N2O/c1-16-9-11-18(12-10-16)23(26)21-14-13-20(25-21)22(19-8-5-15-24-19)17-6-3-2-4-7-17/h2-15,25H,1H3/b22-19-. The Morgan fingerprint density at radius 3 is 2.27 bits per heavy atom. The Kier molecular flexibility index (Phi) is 4.20. The molecule has 0 atom stereocenters. The van der Waals surface area contributed by atoms with Gasteiger partial charge in [-0.1, -0.05) is 60.2 Å². The minimum absolute atomic E-state index is 0.0147. The lowest BCUT2D eigenvalue weighted by atomic mass is 10.0. The molecular formula is C23H18N2O. The Morgan fingerprint density at radius 1 is 0.846 bits per heavy atom. The summed E-state index contributed by atoms with van der Waals surface area (Å²) in [5, 5.41) is 0. The summed E-state index contributed by atoms with van der Waals surface area (Å²) in [4.78, 5) is 20.5. The number of aryl methyl sites for hydroxylation is 1. The fraction of sp³-hybridized carbons (Fsp3) is 0.0435. The van der Waals surface area contributed by atoms with Crippen LogP contribution in [-0.2, 0) is 0 Å². The Balaban J connectivity index is 1.75. The molecule has 0 spiro atoms. The first-order valence-corrected chi connectivity index (χ1v) is 8.53.